The minimum Gasteiger partial charge on any atom is -0.389 e. The molecule has 0 radical (unpaired) electrons. The van der Waals surface area contributed by atoms with E-state index in [1.54, 1.807) is 11.3 Å². The Labute approximate surface area is 100 Å². The lowest BCUT2D eigenvalue weighted by Gasteiger charge is -2.38. The summed E-state index contributed by atoms with van der Waals surface area (Å²) in [4.78, 5) is 1.26. The molecule has 2 heterocycles. The normalized spacial score (nSPS) is 21.2. The highest BCUT2D eigenvalue weighted by molar-refractivity contribution is 7.16. The largest absolute Gasteiger partial charge is 0.389 e. The molecule has 16 heavy (non-hydrogen) atoms. The summed E-state index contributed by atoms with van der Waals surface area (Å²) in [6.07, 6.45) is 0.919. The molecule has 0 amide bonds. The fraction of sp³-hybridized carbons (Fsp3) is 0.583. The molecule has 0 spiro atoms. The van der Waals surface area contributed by atoms with Crippen LogP contribution >= 0.6 is 11.3 Å². The lowest BCUT2D eigenvalue weighted by Crippen LogP contribution is -3.03. The summed E-state index contributed by atoms with van der Waals surface area (Å²) < 4.78 is 0. The Morgan fingerprint density at radius 1 is 1.38 bits per heavy atom. The van der Waals surface area contributed by atoms with Crippen molar-refractivity contribution < 1.29 is 5.32 Å². The van der Waals surface area contributed by atoms with Gasteiger partial charge >= 0.3 is 0 Å². The third-order valence-corrected chi connectivity index (χ3v) is 4.52. The van der Waals surface area contributed by atoms with E-state index in [2.05, 4.69) is 39.1 Å². The monoisotopic (exact) mass is 236 g/mol. The van der Waals surface area contributed by atoms with Crippen LogP contribution in [0.15, 0.2) is 0 Å². The van der Waals surface area contributed by atoms with Crippen LogP contribution in [0.3, 0.4) is 0 Å². The molecular formula is C12H18N3S+. The number of nitriles is 1. The van der Waals surface area contributed by atoms with Gasteiger partial charge in [-0.1, -0.05) is 0 Å². The summed E-state index contributed by atoms with van der Waals surface area (Å²) in [6, 6.07) is 2.25. The molecule has 86 valence electrons. The maximum atomic E-state index is 9.17. The predicted molar refractivity (Wildman–Crippen MR) is 66.2 cm³/mol. The average Bonchev–Trinajstić information content (AvgIpc) is 2.39. The van der Waals surface area contributed by atoms with Gasteiger partial charge in [-0.3, -0.25) is 0 Å². The third-order valence-electron chi connectivity index (χ3n) is 3.12. The standard InChI is InChI=1S/C12H17N3S/c1-11(2)5-7-8(6-13)10(14)16-9(7)12(3,4)15-11/h15H,5,14H2,1-4H3/p+1. The van der Waals surface area contributed by atoms with Crippen molar-refractivity contribution in [2.45, 2.75) is 45.2 Å². The van der Waals surface area contributed by atoms with Gasteiger partial charge in [0, 0.05) is 6.42 Å². The zero-order valence-electron chi connectivity index (χ0n) is 10.2. The Hall–Kier alpha value is -1.05. The summed E-state index contributed by atoms with van der Waals surface area (Å²) >= 11 is 1.57. The summed E-state index contributed by atoms with van der Waals surface area (Å²) in [7, 11) is 0. The molecule has 4 heteroatoms. The first-order valence-electron chi connectivity index (χ1n) is 5.45. The number of nitrogens with two attached hydrogens (primary N) is 2. The first-order chi connectivity index (χ1) is 7.27. The molecule has 1 aliphatic rings. The fourth-order valence-electron chi connectivity index (χ4n) is 2.85. The van der Waals surface area contributed by atoms with Crippen LogP contribution in [0.25, 0.3) is 0 Å². The van der Waals surface area contributed by atoms with Crippen molar-refractivity contribution in [3.8, 4) is 6.07 Å². The molecule has 1 aliphatic heterocycles. The minimum atomic E-state index is 0.0188. The highest BCUT2D eigenvalue weighted by atomic mass is 32.1. The van der Waals surface area contributed by atoms with Gasteiger partial charge in [-0.25, -0.2) is 0 Å². The van der Waals surface area contributed by atoms with E-state index >= 15 is 0 Å². The molecule has 0 aromatic carbocycles. The van der Waals surface area contributed by atoms with Gasteiger partial charge in [-0.2, -0.15) is 5.26 Å². The van der Waals surface area contributed by atoms with E-state index in [1.165, 1.54) is 10.4 Å². The molecule has 0 saturated heterocycles. The molecule has 0 bridgehead atoms. The molecule has 4 N–H and O–H groups in total. The van der Waals surface area contributed by atoms with Crippen molar-refractivity contribution in [3.05, 3.63) is 16.0 Å². The number of anilines is 1. The van der Waals surface area contributed by atoms with Crippen molar-refractivity contribution >= 4 is 16.3 Å². The van der Waals surface area contributed by atoms with Crippen LogP contribution in [0.4, 0.5) is 5.00 Å². The van der Waals surface area contributed by atoms with Gasteiger partial charge in [0.2, 0.25) is 0 Å². The van der Waals surface area contributed by atoms with Crippen LogP contribution in [0.2, 0.25) is 0 Å². The van der Waals surface area contributed by atoms with E-state index in [1.807, 2.05) is 0 Å². The Kier molecular flexibility index (Phi) is 2.30. The van der Waals surface area contributed by atoms with Crippen LogP contribution in [-0.2, 0) is 12.0 Å². The predicted octanol–water partition coefficient (Wildman–Crippen LogP) is 1.34. The van der Waals surface area contributed by atoms with Crippen molar-refractivity contribution in [1.29, 1.82) is 5.26 Å². The number of hydrogen-bond acceptors (Lipinski definition) is 3. The second-order valence-electron chi connectivity index (χ2n) is 5.79. The van der Waals surface area contributed by atoms with Gasteiger partial charge in [-0.15, -0.1) is 11.3 Å². The van der Waals surface area contributed by atoms with Crippen molar-refractivity contribution in [2.24, 2.45) is 0 Å². The third kappa shape index (κ3) is 1.60. The second kappa shape index (κ2) is 3.22. The van der Waals surface area contributed by atoms with Crippen LogP contribution in [0, 0.1) is 11.3 Å². The second-order valence-corrected chi connectivity index (χ2v) is 6.84. The number of quaternary nitrogens is 1. The Balaban J connectivity index is 2.66. The maximum Gasteiger partial charge on any atom is 0.126 e. The first-order valence-corrected chi connectivity index (χ1v) is 6.27. The quantitative estimate of drug-likeness (QED) is 0.714. The van der Waals surface area contributed by atoms with Crippen molar-refractivity contribution in [2.75, 3.05) is 5.73 Å². The Morgan fingerprint density at radius 2 is 2.00 bits per heavy atom. The molecule has 1 aromatic heterocycles. The Morgan fingerprint density at radius 3 is 2.56 bits per heavy atom. The van der Waals surface area contributed by atoms with Gasteiger partial charge in [0.25, 0.3) is 0 Å². The highest BCUT2D eigenvalue weighted by Gasteiger charge is 2.43. The molecule has 0 fully saturated rings. The van der Waals surface area contributed by atoms with Gasteiger partial charge in [-0.05, 0) is 33.3 Å². The van der Waals surface area contributed by atoms with Gasteiger partial charge in [0.1, 0.15) is 16.6 Å². The summed E-state index contributed by atoms with van der Waals surface area (Å²) in [5.74, 6) is 0. The van der Waals surface area contributed by atoms with Gasteiger partial charge in [0.15, 0.2) is 0 Å². The zero-order chi connectivity index (χ0) is 12.1. The van der Waals surface area contributed by atoms with Crippen LogP contribution in [-0.4, -0.2) is 5.54 Å². The van der Waals surface area contributed by atoms with Gasteiger partial charge in [0.05, 0.1) is 16.0 Å². The molecule has 1 aromatic rings. The highest BCUT2D eigenvalue weighted by Crippen LogP contribution is 2.39. The molecule has 0 aliphatic carbocycles. The van der Waals surface area contributed by atoms with E-state index in [9.17, 15) is 5.26 Å². The molecule has 0 unspecified atom stereocenters. The van der Waals surface area contributed by atoms with E-state index < -0.39 is 0 Å². The van der Waals surface area contributed by atoms with Crippen LogP contribution in [0.1, 0.15) is 43.7 Å². The van der Waals surface area contributed by atoms with Crippen LogP contribution < -0.4 is 11.1 Å². The smallest absolute Gasteiger partial charge is 0.126 e. The summed E-state index contributed by atoms with van der Waals surface area (Å²) in [5, 5.41) is 12.2. The lowest BCUT2D eigenvalue weighted by molar-refractivity contribution is -0.789. The summed E-state index contributed by atoms with van der Waals surface area (Å²) in [5.41, 5.74) is 7.95. The zero-order valence-corrected chi connectivity index (χ0v) is 11.0. The molecule has 3 nitrogen and oxygen atoms in total. The number of nitrogen functional groups attached to an aromatic ring is 1. The van der Waals surface area contributed by atoms with Crippen LogP contribution in [0.5, 0.6) is 0 Å². The van der Waals surface area contributed by atoms with Crippen molar-refractivity contribution in [3.63, 3.8) is 0 Å². The van der Waals surface area contributed by atoms with E-state index in [4.69, 9.17) is 5.73 Å². The number of rotatable bonds is 0. The number of nitrogens with zero attached hydrogens (tertiary/aromatic N) is 1. The fourth-order valence-corrected chi connectivity index (χ4v) is 3.96. The molecule has 0 saturated carbocycles. The van der Waals surface area contributed by atoms with Crippen molar-refractivity contribution in [1.82, 2.24) is 0 Å². The first kappa shape index (κ1) is 11.4. The number of thiophene rings is 1. The maximum absolute atomic E-state index is 9.17. The SMILES string of the molecule is CC1(C)Cc2c(sc(N)c2C#N)C(C)(C)[NH2+]1. The number of fused-ring (bicyclic) bond motifs is 1. The molecule has 2 rings (SSSR count). The lowest BCUT2D eigenvalue weighted by atomic mass is 9.81. The topological polar surface area (TPSA) is 66.4 Å². The van der Waals surface area contributed by atoms with E-state index in [0.29, 0.717) is 10.6 Å². The van der Waals surface area contributed by atoms with Gasteiger partial charge < -0.3 is 11.1 Å². The average molecular weight is 236 g/mol. The van der Waals surface area contributed by atoms with E-state index in [-0.39, 0.29) is 11.1 Å². The summed E-state index contributed by atoms with van der Waals surface area (Å²) in [6.45, 7) is 8.83. The molecule has 0 atom stereocenters. The number of hydrogen-bond donors (Lipinski definition) is 2. The van der Waals surface area contributed by atoms with E-state index in [0.717, 1.165) is 6.42 Å². The minimum absolute atomic E-state index is 0.0188. The molecular weight excluding hydrogens is 218 g/mol. The Bertz CT molecular complexity index is 477.